The maximum absolute atomic E-state index is 13.5. The third-order valence-corrected chi connectivity index (χ3v) is 5.71. The first kappa shape index (κ1) is 22.7. The van der Waals surface area contributed by atoms with E-state index in [2.05, 4.69) is 13.8 Å². The lowest BCUT2D eigenvalue weighted by atomic mass is 9.92. The van der Waals surface area contributed by atoms with Crippen LogP contribution in [0.5, 0.6) is 0 Å². The highest BCUT2D eigenvalue weighted by atomic mass is 19.4. The summed E-state index contributed by atoms with van der Waals surface area (Å²) in [6.45, 7) is 4.53. The van der Waals surface area contributed by atoms with E-state index in [1.807, 2.05) is 29.2 Å². The topological polar surface area (TPSA) is 3.24 Å². The second-order valence-electron chi connectivity index (χ2n) is 8.17. The van der Waals surface area contributed by atoms with Crippen LogP contribution in [-0.4, -0.2) is 11.4 Å². The van der Waals surface area contributed by atoms with Crippen LogP contribution < -0.4 is 0 Å². The van der Waals surface area contributed by atoms with E-state index < -0.39 is 23.5 Å². The van der Waals surface area contributed by atoms with Crippen molar-refractivity contribution in [3.63, 3.8) is 0 Å². The van der Waals surface area contributed by atoms with Gasteiger partial charge < -0.3 is 0 Å². The van der Waals surface area contributed by atoms with Crippen LogP contribution in [0.2, 0.25) is 0 Å². The molecule has 164 valence electrons. The Morgan fingerprint density at radius 1 is 0.900 bits per heavy atom. The number of benzene rings is 2. The van der Waals surface area contributed by atoms with Crippen LogP contribution in [0, 0.1) is 0 Å². The number of rotatable bonds is 4. The van der Waals surface area contributed by atoms with Crippen molar-refractivity contribution < 1.29 is 26.3 Å². The molecule has 1 fully saturated rings. The maximum atomic E-state index is 13.5. The quantitative estimate of drug-likeness (QED) is 0.453. The summed E-state index contributed by atoms with van der Waals surface area (Å²) in [5, 5.41) is 0. The highest BCUT2D eigenvalue weighted by Crippen LogP contribution is 2.39. The van der Waals surface area contributed by atoms with E-state index in [9.17, 15) is 26.3 Å². The average molecular weight is 429 g/mol. The third-order valence-electron chi connectivity index (χ3n) is 5.71. The molecule has 0 unspecified atom stereocenters. The molecule has 1 aliphatic heterocycles. The Morgan fingerprint density at radius 3 is 2.13 bits per heavy atom. The second kappa shape index (κ2) is 8.61. The van der Waals surface area contributed by atoms with Gasteiger partial charge in [0.05, 0.1) is 11.1 Å². The molecule has 0 bridgehead atoms. The molecule has 1 saturated heterocycles. The highest BCUT2D eigenvalue weighted by molar-refractivity contribution is 5.36. The SMILES string of the molecule is CC(C)c1ccc([C@H]2CCCCN2Cc2cc(C(F)(F)F)ccc2C(F)(F)F)cc1. The molecule has 0 saturated carbocycles. The summed E-state index contributed by atoms with van der Waals surface area (Å²) in [5.41, 5.74) is -0.240. The number of hydrogen-bond acceptors (Lipinski definition) is 1. The van der Waals surface area contributed by atoms with E-state index in [1.54, 1.807) is 0 Å². The van der Waals surface area contributed by atoms with Gasteiger partial charge in [-0.3, -0.25) is 4.90 Å². The number of piperidine rings is 1. The van der Waals surface area contributed by atoms with Gasteiger partial charge in [0.25, 0.3) is 0 Å². The van der Waals surface area contributed by atoms with Crippen LogP contribution in [0.25, 0.3) is 0 Å². The Balaban J connectivity index is 1.94. The predicted molar refractivity (Wildman–Crippen MR) is 104 cm³/mol. The van der Waals surface area contributed by atoms with Crippen molar-refractivity contribution >= 4 is 0 Å². The van der Waals surface area contributed by atoms with Crippen LogP contribution in [0.1, 0.15) is 72.9 Å². The minimum Gasteiger partial charge on any atom is -0.292 e. The number of alkyl halides is 6. The molecule has 1 heterocycles. The third kappa shape index (κ3) is 5.17. The predicted octanol–water partition coefficient (Wildman–Crippen LogP) is 7.57. The number of likely N-dealkylation sites (tertiary alicyclic amines) is 1. The van der Waals surface area contributed by atoms with Gasteiger partial charge in [-0.05, 0) is 60.2 Å². The zero-order valence-electron chi connectivity index (χ0n) is 16.9. The molecule has 0 aliphatic carbocycles. The van der Waals surface area contributed by atoms with Gasteiger partial charge in [0, 0.05) is 12.6 Å². The first-order valence-corrected chi connectivity index (χ1v) is 10.1. The highest BCUT2D eigenvalue weighted by Gasteiger charge is 2.38. The summed E-state index contributed by atoms with van der Waals surface area (Å²) in [5.74, 6) is 0.362. The molecule has 1 aliphatic rings. The van der Waals surface area contributed by atoms with Crippen LogP contribution in [0.3, 0.4) is 0 Å². The van der Waals surface area contributed by atoms with Crippen molar-refractivity contribution in [3.05, 3.63) is 70.3 Å². The molecular formula is C23H25F6N. The van der Waals surface area contributed by atoms with E-state index in [0.29, 0.717) is 30.7 Å². The van der Waals surface area contributed by atoms with Crippen LogP contribution in [-0.2, 0) is 18.9 Å². The molecule has 1 atom stereocenters. The molecule has 0 N–H and O–H groups in total. The monoisotopic (exact) mass is 429 g/mol. The molecular weight excluding hydrogens is 404 g/mol. The Morgan fingerprint density at radius 2 is 1.57 bits per heavy atom. The van der Waals surface area contributed by atoms with Crippen molar-refractivity contribution in [1.29, 1.82) is 0 Å². The largest absolute Gasteiger partial charge is 0.416 e. The first-order chi connectivity index (χ1) is 14.0. The van der Waals surface area contributed by atoms with Gasteiger partial charge in [-0.15, -0.1) is 0 Å². The Bertz CT molecular complexity index is 851. The fraction of sp³-hybridized carbons (Fsp3) is 0.478. The van der Waals surface area contributed by atoms with Crippen molar-refractivity contribution in [3.8, 4) is 0 Å². The molecule has 3 rings (SSSR count). The van der Waals surface area contributed by atoms with Crippen LogP contribution >= 0.6 is 0 Å². The summed E-state index contributed by atoms with van der Waals surface area (Å²) in [6.07, 6.45) is -6.89. The molecule has 7 heteroatoms. The van der Waals surface area contributed by atoms with E-state index in [1.165, 1.54) is 5.56 Å². The van der Waals surface area contributed by atoms with Gasteiger partial charge in [-0.25, -0.2) is 0 Å². The smallest absolute Gasteiger partial charge is 0.292 e. The van der Waals surface area contributed by atoms with Crippen molar-refractivity contribution in [2.75, 3.05) is 6.54 Å². The number of nitrogens with zero attached hydrogens (tertiary/aromatic N) is 1. The lowest BCUT2D eigenvalue weighted by Crippen LogP contribution is -2.33. The molecule has 0 spiro atoms. The minimum atomic E-state index is -4.70. The molecule has 0 radical (unpaired) electrons. The van der Waals surface area contributed by atoms with Crippen LogP contribution in [0.15, 0.2) is 42.5 Å². The van der Waals surface area contributed by atoms with Gasteiger partial charge in [0.15, 0.2) is 0 Å². The van der Waals surface area contributed by atoms with Gasteiger partial charge in [0.1, 0.15) is 0 Å². The second-order valence-corrected chi connectivity index (χ2v) is 8.17. The summed E-state index contributed by atoms with van der Waals surface area (Å²) in [4.78, 5) is 1.87. The summed E-state index contributed by atoms with van der Waals surface area (Å²) >= 11 is 0. The zero-order valence-corrected chi connectivity index (χ0v) is 16.9. The van der Waals surface area contributed by atoms with Crippen molar-refractivity contribution in [2.24, 2.45) is 0 Å². The average Bonchev–Trinajstić information content (AvgIpc) is 2.67. The van der Waals surface area contributed by atoms with Gasteiger partial charge in [-0.2, -0.15) is 26.3 Å². The first-order valence-electron chi connectivity index (χ1n) is 10.1. The number of hydrogen-bond donors (Lipinski definition) is 0. The summed E-state index contributed by atoms with van der Waals surface area (Å²) < 4.78 is 79.8. The van der Waals surface area contributed by atoms with Gasteiger partial charge >= 0.3 is 12.4 Å². The van der Waals surface area contributed by atoms with Crippen molar-refractivity contribution in [1.82, 2.24) is 4.90 Å². The summed E-state index contributed by atoms with van der Waals surface area (Å²) in [6, 6.07) is 9.58. The van der Waals surface area contributed by atoms with E-state index >= 15 is 0 Å². The van der Waals surface area contributed by atoms with E-state index in [-0.39, 0.29) is 18.2 Å². The maximum Gasteiger partial charge on any atom is 0.416 e. The fourth-order valence-electron chi connectivity index (χ4n) is 4.06. The zero-order chi connectivity index (χ0) is 22.1. The normalized spacial score (nSPS) is 18.8. The standard InChI is InChI=1S/C23H25F6N/c1-15(2)16-6-8-17(9-7-16)21-5-3-4-12-30(21)14-18-13-19(22(24,25)26)10-11-20(18)23(27,28)29/h6-11,13,15,21H,3-5,12,14H2,1-2H3/t21-/m1/s1. The Hall–Kier alpha value is -2.02. The molecule has 1 nitrogen and oxygen atoms in total. The molecule has 2 aromatic carbocycles. The van der Waals surface area contributed by atoms with Crippen LogP contribution in [0.4, 0.5) is 26.3 Å². The molecule has 0 aromatic heterocycles. The van der Waals surface area contributed by atoms with Gasteiger partial charge in [0.2, 0.25) is 0 Å². The van der Waals surface area contributed by atoms with E-state index in [4.69, 9.17) is 0 Å². The molecule has 30 heavy (non-hydrogen) atoms. The fourth-order valence-corrected chi connectivity index (χ4v) is 4.06. The lowest BCUT2D eigenvalue weighted by Gasteiger charge is -2.37. The summed E-state index contributed by atoms with van der Waals surface area (Å²) in [7, 11) is 0. The minimum absolute atomic E-state index is 0.115. The number of halogens is 6. The molecule has 2 aromatic rings. The van der Waals surface area contributed by atoms with Gasteiger partial charge in [-0.1, -0.05) is 44.5 Å². The Kier molecular flexibility index (Phi) is 6.51. The lowest BCUT2D eigenvalue weighted by molar-refractivity contribution is -0.142. The molecule has 0 amide bonds. The van der Waals surface area contributed by atoms with Crippen molar-refractivity contribution in [2.45, 2.75) is 64.0 Å². The Labute approximate surface area is 172 Å². The van der Waals surface area contributed by atoms with E-state index in [0.717, 1.165) is 24.8 Å².